The van der Waals surface area contributed by atoms with Crippen molar-refractivity contribution in [1.29, 1.82) is 0 Å². The highest BCUT2D eigenvalue weighted by Gasteiger charge is 2.35. The molecule has 0 radical (unpaired) electrons. The van der Waals surface area contributed by atoms with Gasteiger partial charge in [0.1, 0.15) is 0 Å². The van der Waals surface area contributed by atoms with Crippen molar-refractivity contribution >= 4 is 17.7 Å². The zero-order chi connectivity index (χ0) is 22.2. The second-order valence-corrected chi connectivity index (χ2v) is 8.48. The van der Waals surface area contributed by atoms with E-state index in [-0.39, 0.29) is 30.3 Å². The van der Waals surface area contributed by atoms with Crippen molar-refractivity contribution in [2.45, 2.75) is 32.4 Å². The van der Waals surface area contributed by atoms with Crippen LogP contribution in [-0.4, -0.2) is 50.4 Å². The summed E-state index contributed by atoms with van der Waals surface area (Å²) in [7, 11) is 0. The van der Waals surface area contributed by atoms with Gasteiger partial charge in [0.15, 0.2) is 0 Å². The zero-order valence-corrected chi connectivity index (χ0v) is 17.9. The average molecular weight is 428 g/mol. The molecule has 1 unspecified atom stereocenters. The number of nitrogens with zero attached hydrogens (tertiary/aromatic N) is 4. The first-order chi connectivity index (χ1) is 15.5. The number of benzene rings is 2. The molecule has 7 heteroatoms. The molecule has 3 amide bonds. The number of piperidine rings is 1. The summed E-state index contributed by atoms with van der Waals surface area (Å²) >= 11 is 0. The Balaban J connectivity index is 1.26. The van der Waals surface area contributed by atoms with Crippen LogP contribution in [-0.2, 0) is 6.54 Å². The van der Waals surface area contributed by atoms with Crippen LogP contribution in [0.2, 0.25) is 0 Å². The van der Waals surface area contributed by atoms with Gasteiger partial charge >= 0.3 is 0 Å². The highest BCUT2D eigenvalue weighted by molar-refractivity contribution is 6.21. The van der Waals surface area contributed by atoms with E-state index in [2.05, 4.69) is 5.10 Å². The van der Waals surface area contributed by atoms with E-state index in [1.54, 1.807) is 36.4 Å². The van der Waals surface area contributed by atoms with Crippen molar-refractivity contribution < 1.29 is 14.4 Å². The number of carbonyl (C=O) groups excluding carboxylic acids is 3. The Labute approximate surface area is 186 Å². The number of aromatic nitrogens is 2. The van der Waals surface area contributed by atoms with Crippen molar-refractivity contribution in [2.24, 2.45) is 0 Å². The predicted octanol–water partition coefficient (Wildman–Crippen LogP) is 3.47. The van der Waals surface area contributed by atoms with Gasteiger partial charge in [-0.2, -0.15) is 5.10 Å². The van der Waals surface area contributed by atoms with E-state index in [0.29, 0.717) is 23.2 Å². The van der Waals surface area contributed by atoms with E-state index in [4.69, 9.17) is 0 Å². The van der Waals surface area contributed by atoms with Crippen LogP contribution in [0.3, 0.4) is 0 Å². The summed E-state index contributed by atoms with van der Waals surface area (Å²) in [6.07, 6.45) is 5.80. The van der Waals surface area contributed by atoms with Gasteiger partial charge in [-0.3, -0.25) is 24.0 Å². The number of carbonyl (C=O) groups is 3. The molecule has 0 saturated carbocycles. The molecule has 0 N–H and O–H groups in total. The van der Waals surface area contributed by atoms with Gasteiger partial charge in [0.2, 0.25) is 0 Å². The van der Waals surface area contributed by atoms with Gasteiger partial charge in [-0.05, 0) is 55.2 Å². The molecule has 5 rings (SSSR count). The molecule has 2 aromatic carbocycles. The molecule has 1 aromatic heterocycles. The lowest BCUT2D eigenvalue weighted by molar-refractivity contribution is 0.0638. The third-order valence-corrected chi connectivity index (χ3v) is 6.21. The Morgan fingerprint density at radius 2 is 1.72 bits per heavy atom. The van der Waals surface area contributed by atoms with Gasteiger partial charge in [-0.15, -0.1) is 0 Å². The molecule has 2 aliphatic heterocycles. The van der Waals surface area contributed by atoms with Gasteiger partial charge in [-0.25, -0.2) is 0 Å². The molecule has 0 aliphatic carbocycles. The lowest BCUT2D eigenvalue weighted by atomic mass is 10.0. The van der Waals surface area contributed by atoms with E-state index in [0.717, 1.165) is 30.5 Å². The van der Waals surface area contributed by atoms with E-state index >= 15 is 0 Å². The van der Waals surface area contributed by atoms with E-state index in [1.165, 1.54) is 4.90 Å². The van der Waals surface area contributed by atoms with Gasteiger partial charge in [0, 0.05) is 24.8 Å². The van der Waals surface area contributed by atoms with Crippen LogP contribution in [0.1, 0.15) is 61.1 Å². The first-order valence-electron chi connectivity index (χ1n) is 10.9. The summed E-state index contributed by atoms with van der Waals surface area (Å²) in [6, 6.07) is 14.2. The first-order valence-corrected chi connectivity index (χ1v) is 10.9. The molecule has 32 heavy (non-hydrogen) atoms. The van der Waals surface area contributed by atoms with Gasteiger partial charge in [0.05, 0.1) is 29.9 Å². The summed E-state index contributed by atoms with van der Waals surface area (Å²) in [6.45, 7) is 3.56. The molecule has 2 aliphatic rings. The number of amides is 3. The second kappa shape index (κ2) is 8.07. The quantitative estimate of drug-likeness (QED) is 0.597. The topological polar surface area (TPSA) is 75.5 Å². The summed E-state index contributed by atoms with van der Waals surface area (Å²) in [5, 5.41) is 4.41. The molecule has 0 spiro atoms. The first kappa shape index (κ1) is 20.2. The van der Waals surface area contributed by atoms with Gasteiger partial charge < -0.3 is 4.90 Å². The monoisotopic (exact) mass is 428 g/mol. The van der Waals surface area contributed by atoms with Crippen LogP contribution in [0, 0.1) is 6.92 Å². The summed E-state index contributed by atoms with van der Waals surface area (Å²) in [4.78, 5) is 41.4. The molecule has 3 heterocycles. The molecular formula is C25H24N4O3. The lowest BCUT2D eigenvalue weighted by Crippen LogP contribution is -2.40. The van der Waals surface area contributed by atoms with Crippen molar-refractivity contribution in [3.63, 3.8) is 0 Å². The molecule has 3 aromatic rings. The maximum atomic E-state index is 13.1. The maximum Gasteiger partial charge on any atom is 0.261 e. The fraction of sp³-hybridized carbons (Fsp3) is 0.280. The van der Waals surface area contributed by atoms with Gasteiger partial charge in [0.25, 0.3) is 17.7 Å². The zero-order valence-electron chi connectivity index (χ0n) is 17.9. The molecule has 1 saturated heterocycles. The average Bonchev–Trinajstić information content (AvgIpc) is 3.37. The van der Waals surface area contributed by atoms with Crippen molar-refractivity contribution in [3.8, 4) is 0 Å². The highest BCUT2D eigenvalue weighted by Crippen LogP contribution is 2.25. The molecule has 1 atom stereocenters. The molecule has 7 nitrogen and oxygen atoms in total. The smallest absolute Gasteiger partial charge is 0.261 e. The fourth-order valence-corrected chi connectivity index (χ4v) is 4.49. The minimum atomic E-state index is -0.279. The van der Waals surface area contributed by atoms with Crippen LogP contribution >= 0.6 is 0 Å². The van der Waals surface area contributed by atoms with Crippen molar-refractivity contribution in [1.82, 2.24) is 19.6 Å². The molecule has 0 bridgehead atoms. The number of imide groups is 1. The highest BCUT2D eigenvalue weighted by atomic mass is 16.2. The Kier molecular flexibility index (Phi) is 5.09. The minimum Gasteiger partial charge on any atom is -0.337 e. The fourth-order valence-electron chi connectivity index (χ4n) is 4.49. The minimum absolute atomic E-state index is 0.00846. The van der Waals surface area contributed by atoms with E-state index in [1.807, 2.05) is 41.0 Å². The maximum absolute atomic E-state index is 13.1. The Morgan fingerprint density at radius 1 is 1.03 bits per heavy atom. The van der Waals surface area contributed by atoms with Gasteiger partial charge in [-0.1, -0.05) is 24.3 Å². The van der Waals surface area contributed by atoms with Crippen molar-refractivity contribution in [2.75, 3.05) is 13.1 Å². The summed E-state index contributed by atoms with van der Waals surface area (Å²) in [5.74, 6) is -0.566. The lowest BCUT2D eigenvalue weighted by Gasteiger charge is -2.33. The SMILES string of the molecule is Cc1cnn(C2CCCN(C(=O)c3ccc(CN4C(=O)c5ccccc5C4=O)cc3)C2)c1. The van der Waals surface area contributed by atoms with Crippen LogP contribution in [0.15, 0.2) is 60.9 Å². The Morgan fingerprint density at radius 3 is 2.34 bits per heavy atom. The summed E-state index contributed by atoms with van der Waals surface area (Å²) in [5.41, 5.74) is 3.41. The predicted molar refractivity (Wildman–Crippen MR) is 118 cm³/mol. The number of hydrogen-bond donors (Lipinski definition) is 0. The number of fused-ring (bicyclic) bond motifs is 1. The van der Waals surface area contributed by atoms with Crippen LogP contribution in [0.5, 0.6) is 0 Å². The normalized spacial score (nSPS) is 18.2. The number of hydrogen-bond acceptors (Lipinski definition) is 4. The molecule has 1 fully saturated rings. The van der Waals surface area contributed by atoms with E-state index in [9.17, 15) is 14.4 Å². The Hall–Kier alpha value is -3.74. The third kappa shape index (κ3) is 3.60. The molecule has 162 valence electrons. The summed E-state index contributed by atoms with van der Waals surface area (Å²) < 4.78 is 1.96. The van der Waals surface area contributed by atoms with Crippen LogP contribution < -0.4 is 0 Å². The standard InChI is InChI=1S/C25H24N4O3/c1-17-13-26-29(14-17)20-5-4-12-27(16-20)23(30)19-10-8-18(9-11-19)15-28-24(31)21-6-2-3-7-22(21)25(28)32/h2-3,6-11,13-14,20H,4-5,12,15-16H2,1H3. The second-order valence-electron chi connectivity index (χ2n) is 8.48. The Bertz CT molecular complexity index is 1160. The molecular weight excluding hydrogens is 404 g/mol. The van der Waals surface area contributed by atoms with Crippen LogP contribution in [0.4, 0.5) is 0 Å². The van der Waals surface area contributed by atoms with E-state index < -0.39 is 0 Å². The number of likely N-dealkylation sites (tertiary alicyclic amines) is 1. The van der Waals surface area contributed by atoms with Crippen LogP contribution in [0.25, 0.3) is 0 Å². The van der Waals surface area contributed by atoms with Crippen molar-refractivity contribution in [3.05, 3.63) is 88.7 Å². The third-order valence-electron chi connectivity index (χ3n) is 6.21. The number of rotatable bonds is 4. The largest absolute Gasteiger partial charge is 0.337 e. The number of aryl methyl sites for hydroxylation is 1.